The summed E-state index contributed by atoms with van der Waals surface area (Å²) in [6, 6.07) is 16.9. The first-order chi connectivity index (χ1) is 16.2. The summed E-state index contributed by atoms with van der Waals surface area (Å²) in [7, 11) is 3.18. The Morgan fingerprint density at radius 2 is 1.45 bits per heavy atom. The maximum atomic E-state index is 5.42. The van der Waals surface area contributed by atoms with Crippen LogP contribution in [-0.4, -0.2) is 55.4 Å². The van der Waals surface area contributed by atoms with Gasteiger partial charge < -0.3 is 14.2 Å². The van der Waals surface area contributed by atoms with E-state index >= 15 is 0 Å². The first-order valence-corrected chi connectivity index (χ1v) is 11.2. The van der Waals surface area contributed by atoms with Crippen molar-refractivity contribution in [1.82, 2.24) is 14.9 Å². The Bertz CT molecular complexity index is 1100. The van der Waals surface area contributed by atoms with Crippen LogP contribution in [0, 0.1) is 11.8 Å². The number of hydrogen-bond acceptors (Lipinski definition) is 6. The minimum absolute atomic E-state index is 0.460. The van der Waals surface area contributed by atoms with Crippen LogP contribution in [-0.2, 0) is 24.1 Å². The van der Waals surface area contributed by atoms with Crippen molar-refractivity contribution >= 4 is 0 Å². The lowest BCUT2D eigenvalue weighted by Crippen LogP contribution is -2.35. The molecule has 1 aliphatic heterocycles. The van der Waals surface area contributed by atoms with Crippen LogP contribution in [0.25, 0.3) is 0 Å². The second-order valence-electron chi connectivity index (χ2n) is 7.90. The highest BCUT2D eigenvalue weighted by atomic mass is 16.5. The number of methoxy groups -OCH3 is 2. The highest BCUT2D eigenvalue weighted by Gasteiger charge is 2.12. The molecule has 2 aromatic carbocycles. The number of aryl methyl sites for hydroxylation is 2. The number of hydrogen-bond donors (Lipinski definition) is 0. The second-order valence-corrected chi connectivity index (χ2v) is 7.90. The van der Waals surface area contributed by atoms with Crippen molar-refractivity contribution in [2.45, 2.75) is 19.4 Å². The van der Waals surface area contributed by atoms with Gasteiger partial charge in [0.05, 0.1) is 33.1 Å². The van der Waals surface area contributed by atoms with Gasteiger partial charge in [0, 0.05) is 30.8 Å². The van der Waals surface area contributed by atoms with E-state index in [0.29, 0.717) is 11.6 Å². The van der Waals surface area contributed by atoms with Crippen molar-refractivity contribution in [1.29, 1.82) is 0 Å². The third-order valence-corrected chi connectivity index (χ3v) is 5.66. The molecule has 33 heavy (non-hydrogen) atoms. The molecule has 0 N–H and O–H groups in total. The van der Waals surface area contributed by atoms with Crippen LogP contribution in [0.1, 0.15) is 27.9 Å². The predicted octanol–water partition coefficient (Wildman–Crippen LogP) is 3.51. The molecule has 1 aromatic heterocycles. The van der Waals surface area contributed by atoms with Crippen LogP contribution in [0.4, 0.5) is 0 Å². The van der Waals surface area contributed by atoms with Crippen LogP contribution in [0.3, 0.4) is 0 Å². The molecular formula is C27H29N3O3. The van der Waals surface area contributed by atoms with Gasteiger partial charge in [0.2, 0.25) is 5.75 Å². The maximum Gasteiger partial charge on any atom is 0.260 e. The summed E-state index contributed by atoms with van der Waals surface area (Å²) in [6.07, 6.45) is 3.09. The van der Waals surface area contributed by atoms with Crippen molar-refractivity contribution < 1.29 is 14.2 Å². The average Bonchev–Trinajstić information content (AvgIpc) is 2.88. The Morgan fingerprint density at radius 3 is 2.06 bits per heavy atom. The van der Waals surface area contributed by atoms with Gasteiger partial charge in [0.15, 0.2) is 0 Å². The summed E-state index contributed by atoms with van der Waals surface area (Å²) >= 11 is 0. The number of benzene rings is 2. The molecular weight excluding hydrogens is 414 g/mol. The van der Waals surface area contributed by atoms with Crippen LogP contribution < -0.4 is 9.47 Å². The molecule has 0 atom stereocenters. The third-order valence-electron chi connectivity index (χ3n) is 5.66. The van der Waals surface area contributed by atoms with Crippen molar-refractivity contribution in [3.63, 3.8) is 0 Å². The molecule has 6 heteroatoms. The van der Waals surface area contributed by atoms with Crippen LogP contribution >= 0.6 is 0 Å². The van der Waals surface area contributed by atoms with Gasteiger partial charge >= 0.3 is 0 Å². The van der Waals surface area contributed by atoms with Gasteiger partial charge in [0.1, 0.15) is 6.33 Å². The normalized spacial score (nSPS) is 13.8. The van der Waals surface area contributed by atoms with Crippen molar-refractivity contribution in [3.05, 3.63) is 82.8 Å². The molecule has 0 unspecified atom stereocenters. The number of rotatable bonds is 7. The van der Waals surface area contributed by atoms with Crippen LogP contribution in [0.2, 0.25) is 0 Å². The van der Waals surface area contributed by atoms with Gasteiger partial charge in [0.25, 0.3) is 5.88 Å². The lowest BCUT2D eigenvalue weighted by molar-refractivity contribution is 0.0342. The summed E-state index contributed by atoms with van der Waals surface area (Å²) in [5, 5.41) is 0. The molecule has 3 aromatic rings. The summed E-state index contributed by atoms with van der Waals surface area (Å²) in [4.78, 5) is 10.9. The fourth-order valence-electron chi connectivity index (χ4n) is 3.79. The van der Waals surface area contributed by atoms with Crippen LogP contribution in [0.15, 0.2) is 54.9 Å². The lowest BCUT2D eigenvalue weighted by atomic mass is 10.1. The van der Waals surface area contributed by atoms with E-state index in [-0.39, 0.29) is 0 Å². The summed E-state index contributed by atoms with van der Waals surface area (Å²) < 4.78 is 16.1. The number of aromatic nitrogens is 2. The quantitative estimate of drug-likeness (QED) is 0.521. The Labute approximate surface area is 195 Å². The molecule has 0 radical (unpaired) electrons. The molecule has 170 valence electrons. The first kappa shape index (κ1) is 22.8. The maximum absolute atomic E-state index is 5.42. The van der Waals surface area contributed by atoms with Gasteiger partial charge in [-0.1, -0.05) is 36.1 Å². The van der Waals surface area contributed by atoms with Gasteiger partial charge in [-0.2, -0.15) is 4.98 Å². The zero-order valence-corrected chi connectivity index (χ0v) is 19.2. The fraction of sp³-hybridized carbons (Fsp3) is 0.333. The molecule has 1 aliphatic rings. The Morgan fingerprint density at radius 1 is 0.818 bits per heavy atom. The highest BCUT2D eigenvalue weighted by Crippen LogP contribution is 2.27. The van der Waals surface area contributed by atoms with Gasteiger partial charge in [-0.3, -0.25) is 4.90 Å². The smallest absolute Gasteiger partial charge is 0.260 e. The summed E-state index contributed by atoms with van der Waals surface area (Å²) in [5.74, 6) is 7.58. The lowest BCUT2D eigenvalue weighted by Gasteiger charge is -2.26. The Kier molecular flexibility index (Phi) is 7.91. The molecule has 0 spiro atoms. The van der Waals surface area contributed by atoms with E-state index in [1.54, 1.807) is 14.2 Å². The van der Waals surface area contributed by atoms with Gasteiger partial charge in [-0.25, -0.2) is 4.98 Å². The topological polar surface area (TPSA) is 56.7 Å². The first-order valence-electron chi connectivity index (χ1n) is 11.2. The molecule has 0 saturated carbocycles. The van der Waals surface area contributed by atoms with E-state index in [2.05, 4.69) is 75.2 Å². The molecule has 1 saturated heterocycles. The molecule has 2 heterocycles. The van der Waals surface area contributed by atoms with Crippen molar-refractivity contribution in [2.24, 2.45) is 0 Å². The Balaban J connectivity index is 1.33. The molecule has 0 aliphatic carbocycles. The molecule has 6 nitrogen and oxygen atoms in total. The molecule has 0 bridgehead atoms. The van der Waals surface area contributed by atoms with E-state index in [0.717, 1.165) is 62.5 Å². The van der Waals surface area contributed by atoms with Crippen molar-refractivity contribution in [2.75, 3.05) is 40.5 Å². The van der Waals surface area contributed by atoms with E-state index in [1.807, 2.05) is 0 Å². The predicted molar refractivity (Wildman–Crippen MR) is 128 cm³/mol. The monoisotopic (exact) mass is 443 g/mol. The molecule has 1 fully saturated rings. The number of nitrogens with zero attached hydrogens (tertiary/aromatic N) is 3. The standard InChI is InChI=1S/C27H29N3O3/c1-31-26-25(28-20-29-27(26)32-2)14-13-23-7-5-21(6-8-23)3-4-22-9-11-24(12-10-22)19-30-15-17-33-18-16-30/h5-12,20H,13-19H2,1-2H3. The van der Waals surface area contributed by atoms with E-state index in [1.165, 1.54) is 17.5 Å². The highest BCUT2D eigenvalue weighted by molar-refractivity contribution is 5.44. The molecule has 4 rings (SSSR count). The molecule has 0 amide bonds. The second kappa shape index (κ2) is 11.5. The van der Waals surface area contributed by atoms with E-state index in [9.17, 15) is 0 Å². The fourth-order valence-corrected chi connectivity index (χ4v) is 3.79. The largest absolute Gasteiger partial charge is 0.490 e. The summed E-state index contributed by atoms with van der Waals surface area (Å²) in [6.45, 7) is 4.61. The number of morpholine rings is 1. The number of ether oxygens (including phenoxy) is 3. The van der Waals surface area contributed by atoms with Crippen LogP contribution in [0.5, 0.6) is 11.6 Å². The van der Waals surface area contributed by atoms with Crippen molar-refractivity contribution in [3.8, 4) is 23.5 Å². The van der Waals surface area contributed by atoms with E-state index in [4.69, 9.17) is 14.2 Å². The zero-order chi connectivity index (χ0) is 22.9. The summed E-state index contributed by atoms with van der Waals surface area (Å²) in [5.41, 5.74) is 5.38. The minimum atomic E-state index is 0.460. The van der Waals surface area contributed by atoms with E-state index < -0.39 is 0 Å². The SMILES string of the molecule is COc1ncnc(CCc2ccc(C#Cc3ccc(CN4CCOCC4)cc3)cc2)c1OC. The zero-order valence-electron chi connectivity index (χ0n) is 19.2. The van der Waals surface area contributed by atoms with Gasteiger partial charge in [-0.05, 0) is 48.2 Å². The average molecular weight is 444 g/mol. The van der Waals surface area contributed by atoms with Gasteiger partial charge in [-0.15, -0.1) is 0 Å². The minimum Gasteiger partial charge on any atom is -0.490 e. The third kappa shape index (κ3) is 6.32. The Hall–Kier alpha value is -3.40.